The van der Waals surface area contributed by atoms with Crippen LogP contribution in [-0.2, 0) is 6.42 Å². The molecule has 0 unspecified atom stereocenters. The van der Waals surface area contributed by atoms with Crippen LogP contribution in [0.15, 0.2) is 36.5 Å². The van der Waals surface area contributed by atoms with Crippen LogP contribution < -0.4 is 4.74 Å². The first kappa shape index (κ1) is 15.1. The smallest absolute Gasteiger partial charge is 0.406 e. The third-order valence-electron chi connectivity index (χ3n) is 2.58. The van der Waals surface area contributed by atoms with Crippen molar-refractivity contribution in [2.75, 3.05) is 0 Å². The van der Waals surface area contributed by atoms with Crippen molar-refractivity contribution in [2.24, 2.45) is 0 Å². The average Bonchev–Trinajstić information content (AvgIpc) is 2.40. The molecule has 2 rings (SSSR count). The van der Waals surface area contributed by atoms with Crippen LogP contribution in [0, 0.1) is 11.3 Å². The van der Waals surface area contributed by atoms with E-state index in [1.54, 1.807) is 12.1 Å². The first-order valence-electron chi connectivity index (χ1n) is 5.76. The van der Waals surface area contributed by atoms with E-state index >= 15 is 0 Å². The van der Waals surface area contributed by atoms with Gasteiger partial charge < -0.3 is 4.74 Å². The molecule has 0 aliphatic carbocycles. The molecule has 21 heavy (non-hydrogen) atoms. The quantitative estimate of drug-likeness (QED) is 0.791. The third-order valence-corrected chi connectivity index (χ3v) is 2.92. The highest BCUT2D eigenvalue weighted by Crippen LogP contribution is 2.29. The van der Waals surface area contributed by atoms with E-state index < -0.39 is 6.36 Å². The largest absolute Gasteiger partial charge is 0.573 e. The molecule has 2 aromatic rings. The lowest BCUT2D eigenvalue weighted by Crippen LogP contribution is -2.17. The Morgan fingerprint density at radius 1 is 1.24 bits per heavy atom. The van der Waals surface area contributed by atoms with Gasteiger partial charge in [-0.25, -0.2) is 4.98 Å². The van der Waals surface area contributed by atoms with Gasteiger partial charge in [0.15, 0.2) is 0 Å². The van der Waals surface area contributed by atoms with Crippen LogP contribution in [0.25, 0.3) is 11.1 Å². The van der Waals surface area contributed by atoms with E-state index in [0.717, 1.165) is 0 Å². The van der Waals surface area contributed by atoms with Gasteiger partial charge in [0.1, 0.15) is 10.9 Å². The molecule has 0 N–H and O–H groups in total. The lowest BCUT2D eigenvalue weighted by molar-refractivity contribution is -0.274. The predicted octanol–water partition coefficient (Wildman–Crippen LogP) is 4.37. The SMILES string of the molecule is N#CCc1cc(-c2cccc(OC(F)(F)F)c2)cnc1Cl. The molecular formula is C14H8ClF3N2O. The van der Waals surface area contributed by atoms with Crippen LogP contribution in [0.5, 0.6) is 5.75 Å². The topological polar surface area (TPSA) is 45.9 Å². The highest BCUT2D eigenvalue weighted by Gasteiger charge is 2.31. The fraction of sp³-hybridized carbons (Fsp3) is 0.143. The zero-order chi connectivity index (χ0) is 15.5. The van der Waals surface area contributed by atoms with Gasteiger partial charge in [-0.3, -0.25) is 0 Å². The van der Waals surface area contributed by atoms with Crippen LogP contribution in [-0.4, -0.2) is 11.3 Å². The molecule has 1 aromatic carbocycles. The van der Waals surface area contributed by atoms with Crippen LogP contribution in [0.3, 0.4) is 0 Å². The molecule has 1 heterocycles. The fourth-order valence-corrected chi connectivity index (χ4v) is 1.90. The number of rotatable bonds is 3. The van der Waals surface area contributed by atoms with Crippen molar-refractivity contribution in [1.82, 2.24) is 4.98 Å². The molecular weight excluding hydrogens is 305 g/mol. The Balaban J connectivity index is 2.36. The van der Waals surface area contributed by atoms with Crippen LogP contribution in [0.2, 0.25) is 5.15 Å². The molecule has 7 heteroatoms. The molecule has 1 aromatic heterocycles. The summed E-state index contributed by atoms with van der Waals surface area (Å²) in [6.07, 6.45) is -3.25. The molecule has 0 saturated carbocycles. The number of nitriles is 1. The summed E-state index contributed by atoms with van der Waals surface area (Å²) < 4.78 is 40.5. The molecule has 0 aliphatic rings. The number of benzene rings is 1. The summed E-state index contributed by atoms with van der Waals surface area (Å²) in [7, 11) is 0. The first-order valence-corrected chi connectivity index (χ1v) is 6.14. The Bertz CT molecular complexity index is 695. The Morgan fingerprint density at radius 2 is 2.00 bits per heavy atom. The minimum Gasteiger partial charge on any atom is -0.406 e. The van der Waals surface area contributed by atoms with E-state index in [-0.39, 0.29) is 17.3 Å². The summed E-state index contributed by atoms with van der Waals surface area (Å²) in [5.41, 5.74) is 1.55. The van der Waals surface area contributed by atoms with Gasteiger partial charge in [-0.15, -0.1) is 13.2 Å². The third kappa shape index (κ3) is 4.10. The maximum absolute atomic E-state index is 12.2. The van der Waals surface area contributed by atoms with E-state index in [1.165, 1.54) is 24.4 Å². The second-order valence-corrected chi connectivity index (χ2v) is 4.44. The molecule has 0 amide bonds. The molecule has 0 spiro atoms. The van der Waals surface area contributed by atoms with Crippen molar-refractivity contribution in [3.8, 4) is 22.9 Å². The minimum atomic E-state index is -4.75. The predicted molar refractivity (Wildman–Crippen MR) is 70.7 cm³/mol. The second-order valence-electron chi connectivity index (χ2n) is 4.08. The highest BCUT2D eigenvalue weighted by molar-refractivity contribution is 6.30. The Labute approximate surface area is 123 Å². The van der Waals surface area contributed by atoms with E-state index in [4.69, 9.17) is 16.9 Å². The number of ether oxygens (including phenoxy) is 1. The maximum Gasteiger partial charge on any atom is 0.573 e. The molecule has 3 nitrogen and oxygen atoms in total. The zero-order valence-electron chi connectivity index (χ0n) is 10.5. The van der Waals surface area contributed by atoms with Crippen molar-refractivity contribution in [1.29, 1.82) is 5.26 Å². The monoisotopic (exact) mass is 312 g/mol. The number of hydrogen-bond acceptors (Lipinski definition) is 3. The molecule has 0 atom stereocenters. The summed E-state index contributed by atoms with van der Waals surface area (Å²) in [6, 6.07) is 9.07. The van der Waals surface area contributed by atoms with Crippen LogP contribution in [0.4, 0.5) is 13.2 Å². The second kappa shape index (κ2) is 6.02. The van der Waals surface area contributed by atoms with Gasteiger partial charge in [0, 0.05) is 17.3 Å². The van der Waals surface area contributed by atoms with Crippen molar-refractivity contribution in [3.05, 3.63) is 47.2 Å². The van der Waals surface area contributed by atoms with Gasteiger partial charge in [0.05, 0.1) is 12.5 Å². The standard InChI is InChI=1S/C14H8ClF3N2O/c15-13-10(4-5-19)6-11(8-20-13)9-2-1-3-12(7-9)21-14(16,17)18/h1-3,6-8H,4H2. The fourth-order valence-electron chi connectivity index (χ4n) is 1.73. The molecule has 0 aliphatic heterocycles. The lowest BCUT2D eigenvalue weighted by Gasteiger charge is -2.10. The molecule has 0 fully saturated rings. The van der Waals surface area contributed by atoms with E-state index in [2.05, 4.69) is 9.72 Å². The first-order chi connectivity index (χ1) is 9.89. The van der Waals surface area contributed by atoms with Crippen molar-refractivity contribution >= 4 is 11.6 Å². The van der Waals surface area contributed by atoms with E-state index in [0.29, 0.717) is 16.7 Å². The number of hydrogen-bond donors (Lipinski definition) is 0. The number of nitrogens with zero attached hydrogens (tertiary/aromatic N) is 2. The molecule has 0 radical (unpaired) electrons. The minimum absolute atomic E-state index is 0.0679. The molecule has 0 saturated heterocycles. The van der Waals surface area contributed by atoms with Crippen molar-refractivity contribution < 1.29 is 17.9 Å². The summed E-state index contributed by atoms with van der Waals surface area (Å²) in [5, 5.41) is 8.89. The number of pyridine rings is 1. The summed E-state index contributed by atoms with van der Waals surface area (Å²) in [6.45, 7) is 0. The van der Waals surface area contributed by atoms with E-state index in [1.807, 2.05) is 6.07 Å². The summed E-state index contributed by atoms with van der Waals surface area (Å²) in [5.74, 6) is -0.322. The Hall–Kier alpha value is -2.26. The molecule has 108 valence electrons. The Kier molecular flexibility index (Phi) is 4.34. The van der Waals surface area contributed by atoms with Gasteiger partial charge in [-0.1, -0.05) is 23.7 Å². The normalized spacial score (nSPS) is 11.0. The summed E-state index contributed by atoms with van der Waals surface area (Å²) >= 11 is 5.85. The van der Waals surface area contributed by atoms with E-state index in [9.17, 15) is 13.2 Å². The highest BCUT2D eigenvalue weighted by atomic mass is 35.5. The van der Waals surface area contributed by atoms with Crippen LogP contribution >= 0.6 is 11.6 Å². The van der Waals surface area contributed by atoms with Gasteiger partial charge >= 0.3 is 6.36 Å². The Morgan fingerprint density at radius 3 is 2.67 bits per heavy atom. The van der Waals surface area contributed by atoms with Gasteiger partial charge in [0.25, 0.3) is 0 Å². The van der Waals surface area contributed by atoms with Crippen molar-refractivity contribution in [2.45, 2.75) is 12.8 Å². The average molecular weight is 313 g/mol. The number of aromatic nitrogens is 1. The lowest BCUT2D eigenvalue weighted by atomic mass is 10.0. The maximum atomic E-state index is 12.2. The zero-order valence-corrected chi connectivity index (χ0v) is 11.2. The summed E-state index contributed by atoms with van der Waals surface area (Å²) in [4.78, 5) is 3.93. The number of alkyl halides is 3. The van der Waals surface area contributed by atoms with Gasteiger partial charge in [-0.2, -0.15) is 5.26 Å². The van der Waals surface area contributed by atoms with Gasteiger partial charge in [0.2, 0.25) is 0 Å². The van der Waals surface area contributed by atoms with Crippen LogP contribution in [0.1, 0.15) is 5.56 Å². The molecule has 0 bridgehead atoms. The van der Waals surface area contributed by atoms with Gasteiger partial charge in [-0.05, 0) is 23.8 Å². The number of halogens is 4. The van der Waals surface area contributed by atoms with Crippen molar-refractivity contribution in [3.63, 3.8) is 0 Å².